The number of nitrogens with zero attached hydrogens (tertiary/aromatic N) is 2. The molecule has 1 aromatic heterocycles. The highest BCUT2D eigenvalue weighted by Gasteiger charge is 2.00. The molecule has 13 heavy (non-hydrogen) atoms. The molecule has 3 nitrogen and oxygen atoms in total. The third-order valence-electron chi connectivity index (χ3n) is 1.33. The van der Waals surface area contributed by atoms with Crippen molar-refractivity contribution in [2.24, 2.45) is 5.73 Å². The van der Waals surface area contributed by atoms with E-state index < -0.39 is 0 Å². The largest absolute Gasteiger partial charge is 0.325 e. The summed E-state index contributed by atoms with van der Waals surface area (Å²) in [5.74, 6) is 0. The fourth-order valence-corrected chi connectivity index (χ4v) is 1.05. The van der Waals surface area contributed by atoms with Crippen molar-refractivity contribution in [3.8, 4) is 0 Å². The van der Waals surface area contributed by atoms with Gasteiger partial charge in [-0.2, -0.15) is 0 Å². The van der Waals surface area contributed by atoms with Gasteiger partial charge in [0.25, 0.3) is 0 Å². The molecule has 0 aliphatic carbocycles. The van der Waals surface area contributed by atoms with E-state index in [0.29, 0.717) is 10.3 Å². The minimum Gasteiger partial charge on any atom is -0.325 e. The molecule has 1 rings (SSSR count). The minimum atomic E-state index is -0.0250. The van der Waals surface area contributed by atoms with Gasteiger partial charge in [0.15, 0.2) is 10.3 Å². The Morgan fingerprint density at radius 1 is 1.46 bits per heavy atom. The summed E-state index contributed by atoms with van der Waals surface area (Å²) in [6.45, 7) is 1.86. The van der Waals surface area contributed by atoms with Crippen LogP contribution in [0.1, 0.15) is 12.5 Å². The smallest absolute Gasteiger partial charge is 0.159 e. The second-order valence-corrected chi connectivity index (χ2v) is 3.38. The summed E-state index contributed by atoms with van der Waals surface area (Å²) in [6, 6.07) is 1.61. The van der Waals surface area contributed by atoms with Crippen molar-refractivity contribution >= 4 is 29.3 Å². The van der Waals surface area contributed by atoms with Gasteiger partial charge in [-0.3, -0.25) is 0 Å². The number of nitrogens with two attached hydrogens (primary N) is 1. The summed E-state index contributed by atoms with van der Waals surface area (Å²) in [4.78, 5) is 0. The first-order valence-corrected chi connectivity index (χ1v) is 4.47. The first-order chi connectivity index (χ1) is 6.09. The molecule has 1 heterocycles. The van der Waals surface area contributed by atoms with Gasteiger partial charge in [0.1, 0.15) is 0 Å². The Morgan fingerprint density at radius 3 is 2.77 bits per heavy atom. The Kier molecular flexibility index (Phi) is 3.66. The van der Waals surface area contributed by atoms with E-state index in [1.54, 1.807) is 18.2 Å². The Hall–Kier alpha value is -0.640. The Labute approximate surface area is 86.6 Å². The molecule has 0 bridgehead atoms. The van der Waals surface area contributed by atoms with Gasteiger partial charge in [-0.05, 0) is 13.0 Å². The minimum absolute atomic E-state index is 0.0250. The third kappa shape index (κ3) is 3.30. The van der Waals surface area contributed by atoms with Gasteiger partial charge >= 0.3 is 0 Å². The molecule has 0 saturated heterocycles. The van der Waals surface area contributed by atoms with Crippen molar-refractivity contribution in [2.75, 3.05) is 0 Å². The summed E-state index contributed by atoms with van der Waals surface area (Å²) >= 11 is 11.4. The molecular formula is C8H9Cl2N3. The fraction of sp³-hybridized carbons (Fsp3) is 0.250. The second-order valence-electron chi connectivity index (χ2n) is 2.63. The van der Waals surface area contributed by atoms with Crippen molar-refractivity contribution in [1.82, 2.24) is 10.2 Å². The quantitative estimate of drug-likeness (QED) is 0.827. The molecule has 0 aliphatic heterocycles. The van der Waals surface area contributed by atoms with Crippen LogP contribution in [0.2, 0.25) is 10.3 Å². The predicted octanol–water partition coefficient (Wildman–Crippen LogP) is 2.14. The lowest BCUT2D eigenvalue weighted by Gasteiger charge is -1.98. The van der Waals surface area contributed by atoms with E-state index in [0.717, 1.165) is 5.56 Å². The average molecular weight is 218 g/mol. The SMILES string of the molecule is CC(N)/C=C/c1cc(Cl)nnc1Cl. The molecular weight excluding hydrogens is 209 g/mol. The first kappa shape index (κ1) is 10.4. The summed E-state index contributed by atoms with van der Waals surface area (Å²) in [6.07, 6.45) is 3.58. The summed E-state index contributed by atoms with van der Waals surface area (Å²) < 4.78 is 0. The van der Waals surface area contributed by atoms with Crippen LogP contribution in [-0.2, 0) is 0 Å². The van der Waals surface area contributed by atoms with Crippen molar-refractivity contribution in [3.63, 3.8) is 0 Å². The summed E-state index contributed by atoms with van der Waals surface area (Å²) in [7, 11) is 0. The van der Waals surface area contributed by atoms with E-state index in [4.69, 9.17) is 28.9 Å². The normalized spacial score (nSPS) is 13.5. The zero-order valence-corrected chi connectivity index (χ0v) is 8.55. The number of hydrogen-bond donors (Lipinski definition) is 1. The molecule has 0 saturated carbocycles. The van der Waals surface area contributed by atoms with Crippen LogP contribution < -0.4 is 5.73 Å². The summed E-state index contributed by atoms with van der Waals surface area (Å²) in [5, 5.41) is 7.87. The van der Waals surface area contributed by atoms with Gasteiger partial charge in [0.2, 0.25) is 0 Å². The molecule has 0 spiro atoms. The van der Waals surface area contributed by atoms with E-state index in [2.05, 4.69) is 10.2 Å². The van der Waals surface area contributed by atoms with Crippen molar-refractivity contribution in [2.45, 2.75) is 13.0 Å². The highest BCUT2D eigenvalue weighted by Crippen LogP contribution is 2.16. The number of halogens is 2. The highest BCUT2D eigenvalue weighted by atomic mass is 35.5. The van der Waals surface area contributed by atoms with Crippen molar-refractivity contribution < 1.29 is 0 Å². The standard InChI is InChI=1S/C8H9Cl2N3/c1-5(11)2-3-6-4-7(9)12-13-8(6)10/h2-5H,11H2,1H3/b3-2+. The molecule has 0 radical (unpaired) electrons. The molecule has 0 aromatic carbocycles. The van der Waals surface area contributed by atoms with E-state index in [1.165, 1.54) is 0 Å². The van der Waals surface area contributed by atoms with E-state index >= 15 is 0 Å². The summed E-state index contributed by atoms with van der Waals surface area (Å²) in [5.41, 5.74) is 6.25. The molecule has 1 aromatic rings. The Balaban J connectivity index is 2.93. The fourth-order valence-electron chi connectivity index (χ4n) is 0.738. The first-order valence-electron chi connectivity index (χ1n) is 3.72. The number of aromatic nitrogens is 2. The monoisotopic (exact) mass is 217 g/mol. The molecule has 1 atom stereocenters. The topological polar surface area (TPSA) is 51.8 Å². The van der Waals surface area contributed by atoms with Crippen LogP contribution in [0, 0.1) is 0 Å². The van der Waals surface area contributed by atoms with E-state index in [-0.39, 0.29) is 6.04 Å². The van der Waals surface area contributed by atoms with Crippen LogP contribution in [0.4, 0.5) is 0 Å². The zero-order chi connectivity index (χ0) is 9.84. The van der Waals surface area contributed by atoms with Gasteiger partial charge in [0.05, 0.1) is 0 Å². The predicted molar refractivity (Wildman–Crippen MR) is 54.7 cm³/mol. The number of rotatable bonds is 2. The average Bonchev–Trinajstić information content (AvgIpc) is 2.06. The molecule has 1 unspecified atom stereocenters. The molecule has 0 amide bonds. The number of hydrogen-bond acceptors (Lipinski definition) is 3. The van der Waals surface area contributed by atoms with Crippen LogP contribution in [0.3, 0.4) is 0 Å². The van der Waals surface area contributed by atoms with E-state index in [1.807, 2.05) is 6.92 Å². The van der Waals surface area contributed by atoms with Crippen molar-refractivity contribution in [1.29, 1.82) is 0 Å². The lowest BCUT2D eigenvalue weighted by Crippen LogP contribution is -2.09. The maximum Gasteiger partial charge on any atom is 0.159 e. The molecule has 0 fully saturated rings. The Bertz CT molecular complexity index is 323. The van der Waals surface area contributed by atoms with Crippen LogP contribution in [0.15, 0.2) is 12.1 Å². The van der Waals surface area contributed by atoms with Gasteiger partial charge in [-0.1, -0.05) is 35.4 Å². The van der Waals surface area contributed by atoms with Crippen LogP contribution in [-0.4, -0.2) is 16.2 Å². The molecule has 2 N–H and O–H groups in total. The zero-order valence-electron chi connectivity index (χ0n) is 7.04. The van der Waals surface area contributed by atoms with Gasteiger partial charge < -0.3 is 5.73 Å². The van der Waals surface area contributed by atoms with Crippen LogP contribution >= 0.6 is 23.2 Å². The van der Waals surface area contributed by atoms with Crippen LogP contribution in [0.5, 0.6) is 0 Å². The second kappa shape index (κ2) is 4.56. The molecule has 70 valence electrons. The van der Waals surface area contributed by atoms with Crippen molar-refractivity contribution in [3.05, 3.63) is 28.0 Å². The van der Waals surface area contributed by atoms with Gasteiger partial charge in [0, 0.05) is 11.6 Å². The maximum atomic E-state index is 5.76. The maximum absolute atomic E-state index is 5.76. The molecule has 5 heteroatoms. The Morgan fingerprint density at radius 2 is 2.15 bits per heavy atom. The third-order valence-corrected chi connectivity index (χ3v) is 1.80. The molecule has 0 aliphatic rings. The van der Waals surface area contributed by atoms with E-state index in [9.17, 15) is 0 Å². The highest BCUT2D eigenvalue weighted by molar-refractivity contribution is 6.32. The van der Waals surface area contributed by atoms with Gasteiger partial charge in [-0.25, -0.2) is 0 Å². The van der Waals surface area contributed by atoms with Gasteiger partial charge in [-0.15, -0.1) is 10.2 Å². The lowest BCUT2D eigenvalue weighted by atomic mass is 10.2. The lowest BCUT2D eigenvalue weighted by molar-refractivity contribution is 0.930. The van der Waals surface area contributed by atoms with Crippen LogP contribution in [0.25, 0.3) is 6.08 Å².